The van der Waals surface area contributed by atoms with E-state index in [4.69, 9.17) is 44.3 Å². The van der Waals surface area contributed by atoms with Gasteiger partial charge < -0.3 is 19.4 Å². The highest BCUT2D eigenvalue weighted by Gasteiger charge is 2.20. The van der Waals surface area contributed by atoms with Crippen molar-refractivity contribution in [1.29, 1.82) is 0 Å². The van der Waals surface area contributed by atoms with Crippen LogP contribution in [0.25, 0.3) is 0 Å². The van der Waals surface area contributed by atoms with Gasteiger partial charge in [0.2, 0.25) is 5.91 Å². The smallest absolute Gasteiger partial charge is 0.420 e. The zero-order valence-electron chi connectivity index (χ0n) is 19.0. The molecule has 2 N–H and O–H groups in total. The molecule has 10 nitrogen and oxygen atoms in total. The van der Waals surface area contributed by atoms with Gasteiger partial charge >= 0.3 is 16.2 Å². The number of amides is 2. The molecule has 2 amide bonds. The Labute approximate surface area is 223 Å². The summed E-state index contributed by atoms with van der Waals surface area (Å²) in [7, 11) is -4.24. The van der Waals surface area contributed by atoms with Crippen LogP contribution in [0.5, 0.6) is 11.5 Å². The third-order valence-electron chi connectivity index (χ3n) is 4.42. The normalized spacial score (nSPS) is 11.0. The van der Waals surface area contributed by atoms with Crippen molar-refractivity contribution in [1.82, 2.24) is 0 Å². The van der Waals surface area contributed by atoms with Gasteiger partial charge in [-0.3, -0.25) is 14.5 Å². The number of Topliss-reactive ketones (excluding diaryl/α,β-unsaturated/α-hetero) is 1. The molecular weight excluding hydrogens is 559 g/mol. The highest BCUT2D eigenvalue weighted by molar-refractivity contribution is 7.87. The molecule has 0 fully saturated rings. The van der Waals surface area contributed by atoms with E-state index in [1.807, 2.05) is 0 Å². The second kappa shape index (κ2) is 13.5. The molecule has 0 aliphatic heterocycles. The monoisotopic (exact) mass is 580 g/mol. The molecule has 0 unspecified atom stereocenters. The topological polar surface area (TPSA) is 142 Å². The average Bonchev–Trinajstić information content (AvgIpc) is 2.78. The molecule has 196 valence electrons. The minimum atomic E-state index is -4.24. The number of rotatable bonds is 13. The van der Waals surface area contributed by atoms with Gasteiger partial charge in [0.25, 0.3) is 0 Å². The van der Waals surface area contributed by atoms with Crippen molar-refractivity contribution in [3.8, 4) is 11.5 Å². The lowest BCUT2D eigenvalue weighted by atomic mass is 10.2. The van der Waals surface area contributed by atoms with Crippen LogP contribution in [0.4, 0.5) is 16.2 Å². The number of primary amides is 1. The van der Waals surface area contributed by atoms with Crippen molar-refractivity contribution < 1.29 is 36.5 Å². The van der Waals surface area contributed by atoms with Crippen LogP contribution in [0.1, 0.15) is 19.8 Å². The molecule has 2 rings (SSSR count). The molecular formula is C22H23Cl3N2O8S. The number of ether oxygens (including phenoxy) is 2. The molecule has 0 saturated heterocycles. The SMILES string of the molecule is CC(=O)N(c1ccc(OCC(=O)CCS(=O)(=O)OC(N)=O)cc1)c1cc(Cl)c(OCCCCl)c(Cl)c1. The molecule has 0 saturated carbocycles. The van der Waals surface area contributed by atoms with Gasteiger partial charge in [0.05, 0.1) is 28.1 Å². The number of anilines is 2. The molecule has 0 aromatic heterocycles. The maximum Gasteiger partial charge on any atom is 0.420 e. The fraction of sp³-hybridized carbons (Fsp3) is 0.318. The Morgan fingerprint density at radius 2 is 1.61 bits per heavy atom. The molecule has 0 aliphatic rings. The van der Waals surface area contributed by atoms with Crippen molar-refractivity contribution in [3.05, 3.63) is 46.4 Å². The number of hydrogen-bond donors (Lipinski definition) is 1. The van der Waals surface area contributed by atoms with Crippen molar-refractivity contribution in [2.24, 2.45) is 5.73 Å². The Morgan fingerprint density at radius 1 is 1.00 bits per heavy atom. The summed E-state index contributed by atoms with van der Waals surface area (Å²) in [6.07, 6.45) is -1.30. The first-order valence-electron chi connectivity index (χ1n) is 10.4. The van der Waals surface area contributed by atoms with Gasteiger partial charge in [-0.2, -0.15) is 8.42 Å². The molecule has 0 bridgehead atoms. The maximum atomic E-state index is 12.4. The van der Waals surface area contributed by atoms with E-state index in [-0.39, 0.29) is 21.7 Å². The summed E-state index contributed by atoms with van der Waals surface area (Å²) >= 11 is 18.3. The first-order valence-corrected chi connectivity index (χ1v) is 13.2. The number of halogens is 3. The number of nitrogens with two attached hydrogens (primary N) is 1. The fourth-order valence-corrected chi connectivity index (χ4v) is 4.39. The zero-order chi connectivity index (χ0) is 26.9. The van der Waals surface area contributed by atoms with Crippen LogP contribution in [-0.2, 0) is 23.9 Å². The van der Waals surface area contributed by atoms with E-state index in [0.717, 1.165) is 0 Å². The van der Waals surface area contributed by atoms with Crippen LogP contribution in [0.2, 0.25) is 10.0 Å². The highest BCUT2D eigenvalue weighted by Crippen LogP contribution is 2.39. The molecule has 0 heterocycles. The number of benzene rings is 2. The van der Waals surface area contributed by atoms with Crippen LogP contribution in [-0.4, -0.2) is 51.0 Å². The van der Waals surface area contributed by atoms with Gasteiger partial charge in [-0.25, -0.2) is 4.79 Å². The molecule has 36 heavy (non-hydrogen) atoms. The second-order valence-electron chi connectivity index (χ2n) is 7.22. The molecule has 14 heteroatoms. The minimum absolute atomic E-state index is 0.222. The summed E-state index contributed by atoms with van der Waals surface area (Å²) in [6, 6.07) is 9.31. The first-order chi connectivity index (χ1) is 16.9. The van der Waals surface area contributed by atoms with Gasteiger partial charge in [-0.05, 0) is 42.8 Å². The number of alkyl halides is 1. The second-order valence-corrected chi connectivity index (χ2v) is 10.1. The molecule has 0 radical (unpaired) electrons. The minimum Gasteiger partial charge on any atom is -0.490 e. The first kappa shape index (κ1) is 29.5. The van der Waals surface area contributed by atoms with Crippen LogP contribution in [0, 0.1) is 0 Å². The number of nitrogens with zero attached hydrogens (tertiary/aromatic N) is 1. The number of carbonyl (C=O) groups excluding carboxylic acids is 3. The van der Waals surface area contributed by atoms with Gasteiger partial charge in [-0.15, -0.1) is 11.6 Å². The molecule has 0 spiro atoms. The van der Waals surface area contributed by atoms with E-state index < -0.39 is 40.8 Å². The molecule has 0 aliphatic carbocycles. The average molecular weight is 582 g/mol. The van der Waals surface area contributed by atoms with Gasteiger partial charge in [0.15, 0.2) is 11.5 Å². The van der Waals surface area contributed by atoms with E-state index in [2.05, 4.69) is 9.92 Å². The van der Waals surface area contributed by atoms with E-state index in [0.29, 0.717) is 36.0 Å². The van der Waals surface area contributed by atoms with Gasteiger partial charge in [-0.1, -0.05) is 23.2 Å². The Hall–Kier alpha value is -2.73. The Kier molecular flexibility index (Phi) is 11.1. The lowest BCUT2D eigenvalue weighted by Crippen LogP contribution is -2.23. The molecule has 2 aromatic carbocycles. The Morgan fingerprint density at radius 3 is 2.14 bits per heavy atom. The number of carbonyl (C=O) groups is 3. The molecule has 0 atom stereocenters. The third-order valence-corrected chi connectivity index (χ3v) is 6.37. The summed E-state index contributed by atoms with van der Waals surface area (Å²) in [6.45, 7) is 1.28. The zero-order valence-corrected chi connectivity index (χ0v) is 22.1. The highest BCUT2D eigenvalue weighted by atomic mass is 35.5. The van der Waals surface area contributed by atoms with Crippen molar-refractivity contribution in [3.63, 3.8) is 0 Å². The van der Waals surface area contributed by atoms with E-state index in [1.165, 1.54) is 24.0 Å². The van der Waals surface area contributed by atoms with E-state index >= 15 is 0 Å². The third kappa shape index (κ3) is 9.05. The number of hydrogen-bond acceptors (Lipinski definition) is 8. The van der Waals surface area contributed by atoms with Crippen molar-refractivity contribution >= 4 is 74.1 Å². The lowest BCUT2D eigenvalue weighted by molar-refractivity contribution is -0.120. The standard InChI is InChI=1S/C22H23Cl3N2O8S/c1-14(28)27(16-11-19(24)21(20(25)12-16)33-9-2-8-23)15-3-5-18(6-4-15)34-13-17(29)7-10-36(31,32)35-22(26)30/h3-6,11-12H,2,7-10,13H2,1H3,(H2,26,30). The maximum absolute atomic E-state index is 12.4. The quantitative estimate of drug-likeness (QED) is 0.208. The molecule has 2 aromatic rings. The van der Waals surface area contributed by atoms with Crippen molar-refractivity contribution in [2.75, 3.05) is 29.7 Å². The van der Waals surface area contributed by atoms with Gasteiger partial charge in [0.1, 0.15) is 12.4 Å². The summed E-state index contributed by atoms with van der Waals surface area (Å²) in [5.74, 6) is -0.566. The predicted octanol–water partition coefficient (Wildman–Crippen LogP) is 4.45. The predicted molar refractivity (Wildman–Crippen MR) is 136 cm³/mol. The van der Waals surface area contributed by atoms with E-state index in [1.54, 1.807) is 24.3 Å². The van der Waals surface area contributed by atoms with Crippen LogP contribution in [0.15, 0.2) is 36.4 Å². The lowest BCUT2D eigenvalue weighted by Gasteiger charge is -2.23. The van der Waals surface area contributed by atoms with E-state index in [9.17, 15) is 22.8 Å². The van der Waals surface area contributed by atoms with Gasteiger partial charge in [0, 0.05) is 24.9 Å². The van der Waals surface area contributed by atoms with Crippen LogP contribution < -0.4 is 20.1 Å². The van der Waals surface area contributed by atoms with Crippen LogP contribution >= 0.6 is 34.8 Å². The van der Waals surface area contributed by atoms with Crippen molar-refractivity contribution in [2.45, 2.75) is 19.8 Å². The summed E-state index contributed by atoms with van der Waals surface area (Å²) in [5, 5.41) is 0.445. The Bertz CT molecular complexity index is 1180. The van der Waals surface area contributed by atoms with Crippen LogP contribution in [0.3, 0.4) is 0 Å². The fourth-order valence-electron chi connectivity index (χ4n) is 2.89. The Balaban J connectivity index is 2.07. The number of ketones is 1. The summed E-state index contributed by atoms with van der Waals surface area (Å²) < 4.78 is 37.7. The largest absolute Gasteiger partial charge is 0.490 e. The summed E-state index contributed by atoms with van der Waals surface area (Å²) in [5.41, 5.74) is 5.53. The summed E-state index contributed by atoms with van der Waals surface area (Å²) in [4.78, 5) is 36.2.